The van der Waals surface area contributed by atoms with Crippen LogP contribution in [0.5, 0.6) is 0 Å². The van der Waals surface area contributed by atoms with E-state index in [-0.39, 0.29) is 31.4 Å². The standard InChI is InChI=1S/C23H24N2O5/c1-25(23(11-12-23)21(27)28)20(26)10-13-24-22(29)30-14-19-17-8-4-2-6-15(17)16-7-3-5-9-18(16)19/h2-9,19H,10-14H2,1H3,(H,24,29)(H,27,28). The van der Waals surface area contributed by atoms with Crippen LogP contribution in [0.15, 0.2) is 48.5 Å². The van der Waals surface area contributed by atoms with E-state index in [2.05, 4.69) is 17.4 Å². The molecule has 7 heteroatoms. The van der Waals surface area contributed by atoms with Gasteiger partial charge in [0.15, 0.2) is 0 Å². The number of hydrogen-bond donors (Lipinski definition) is 2. The Morgan fingerprint density at radius 3 is 2.17 bits per heavy atom. The van der Waals surface area contributed by atoms with Gasteiger partial charge in [-0.1, -0.05) is 48.5 Å². The molecule has 0 radical (unpaired) electrons. The number of carboxylic acids is 1. The van der Waals surface area contributed by atoms with Gasteiger partial charge in [0.25, 0.3) is 0 Å². The van der Waals surface area contributed by atoms with Gasteiger partial charge in [-0.3, -0.25) is 4.79 Å². The van der Waals surface area contributed by atoms with Crippen LogP contribution in [0.4, 0.5) is 4.79 Å². The number of fused-ring (bicyclic) bond motifs is 3. The molecule has 1 fully saturated rings. The van der Waals surface area contributed by atoms with Gasteiger partial charge in [0, 0.05) is 25.9 Å². The minimum Gasteiger partial charge on any atom is -0.479 e. The number of amides is 2. The average molecular weight is 408 g/mol. The van der Waals surface area contributed by atoms with Crippen molar-refractivity contribution in [2.45, 2.75) is 30.7 Å². The minimum atomic E-state index is -1.07. The maximum atomic E-state index is 12.2. The van der Waals surface area contributed by atoms with Gasteiger partial charge in [-0.15, -0.1) is 0 Å². The maximum Gasteiger partial charge on any atom is 0.407 e. The minimum absolute atomic E-state index is 0.0235. The number of alkyl carbamates (subject to hydrolysis) is 1. The normalized spacial score (nSPS) is 15.6. The molecule has 2 aliphatic carbocycles. The molecule has 0 unspecified atom stereocenters. The lowest BCUT2D eigenvalue weighted by Gasteiger charge is -2.24. The van der Waals surface area contributed by atoms with E-state index in [4.69, 9.17) is 4.74 Å². The van der Waals surface area contributed by atoms with Crippen LogP contribution in [-0.4, -0.2) is 53.7 Å². The van der Waals surface area contributed by atoms with Crippen molar-refractivity contribution >= 4 is 18.0 Å². The fraction of sp³-hybridized carbons (Fsp3) is 0.348. The van der Waals surface area contributed by atoms with Crippen LogP contribution in [-0.2, 0) is 14.3 Å². The summed E-state index contributed by atoms with van der Waals surface area (Å²) in [6.45, 7) is 0.297. The van der Waals surface area contributed by atoms with E-state index in [0.29, 0.717) is 12.8 Å². The van der Waals surface area contributed by atoms with Gasteiger partial charge in [-0.25, -0.2) is 9.59 Å². The molecular formula is C23H24N2O5. The second kappa shape index (κ2) is 7.82. The molecule has 2 aromatic rings. The van der Waals surface area contributed by atoms with Crippen molar-refractivity contribution in [3.8, 4) is 11.1 Å². The lowest BCUT2D eigenvalue weighted by molar-refractivity contribution is -0.151. The van der Waals surface area contributed by atoms with Crippen molar-refractivity contribution in [2.24, 2.45) is 0 Å². The largest absolute Gasteiger partial charge is 0.479 e. The van der Waals surface area contributed by atoms with Gasteiger partial charge in [0.1, 0.15) is 12.1 Å². The van der Waals surface area contributed by atoms with Crippen LogP contribution >= 0.6 is 0 Å². The van der Waals surface area contributed by atoms with Crippen molar-refractivity contribution in [3.05, 3.63) is 59.7 Å². The topological polar surface area (TPSA) is 95.9 Å². The van der Waals surface area contributed by atoms with E-state index in [1.807, 2.05) is 36.4 Å². The van der Waals surface area contributed by atoms with Gasteiger partial charge in [-0.05, 0) is 35.1 Å². The van der Waals surface area contributed by atoms with Gasteiger partial charge in [0.05, 0.1) is 0 Å². The van der Waals surface area contributed by atoms with E-state index in [0.717, 1.165) is 22.3 Å². The summed E-state index contributed by atoms with van der Waals surface area (Å²) in [5.74, 6) is -1.32. The number of carbonyl (C=O) groups is 3. The fourth-order valence-corrected chi connectivity index (χ4v) is 4.14. The summed E-state index contributed by atoms with van der Waals surface area (Å²) in [4.78, 5) is 37.0. The zero-order chi connectivity index (χ0) is 21.3. The summed E-state index contributed by atoms with van der Waals surface area (Å²) in [5, 5.41) is 11.9. The van der Waals surface area contributed by atoms with Crippen LogP contribution in [0.2, 0.25) is 0 Å². The first-order valence-electron chi connectivity index (χ1n) is 10.0. The second-order valence-corrected chi connectivity index (χ2v) is 7.79. The summed E-state index contributed by atoms with van der Waals surface area (Å²) in [7, 11) is 1.50. The maximum absolute atomic E-state index is 12.2. The van der Waals surface area contributed by atoms with Crippen LogP contribution < -0.4 is 5.32 Å². The summed E-state index contributed by atoms with van der Waals surface area (Å²) in [6.07, 6.45) is 0.358. The van der Waals surface area contributed by atoms with E-state index in [1.165, 1.54) is 11.9 Å². The molecule has 30 heavy (non-hydrogen) atoms. The Morgan fingerprint density at radius 1 is 1.07 bits per heavy atom. The first-order chi connectivity index (χ1) is 14.4. The number of hydrogen-bond acceptors (Lipinski definition) is 4. The highest BCUT2D eigenvalue weighted by Gasteiger charge is 2.55. The summed E-state index contributed by atoms with van der Waals surface area (Å²) in [6, 6.07) is 16.2. The SMILES string of the molecule is CN(C(=O)CCNC(=O)OCC1c2ccccc2-c2ccccc21)C1(C(=O)O)CC1. The molecule has 0 saturated heterocycles. The zero-order valence-electron chi connectivity index (χ0n) is 16.8. The predicted molar refractivity (Wildman–Crippen MR) is 110 cm³/mol. The van der Waals surface area contributed by atoms with Crippen molar-refractivity contribution < 1.29 is 24.2 Å². The first kappa shape index (κ1) is 19.9. The number of nitrogens with zero attached hydrogens (tertiary/aromatic N) is 1. The molecule has 0 aromatic heterocycles. The molecule has 0 atom stereocenters. The van der Waals surface area contributed by atoms with Crippen LogP contribution in [0, 0.1) is 0 Å². The third kappa shape index (κ3) is 3.51. The van der Waals surface area contributed by atoms with Crippen LogP contribution in [0.25, 0.3) is 11.1 Å². The molecule has 0 spiro atoms. The Bertz CT molecular complexity index is 953. The Labute approximate surface area is 174 Å². The number of benzene rings is 2. The van der Waals surface area contributed by atoms with Crippen molar-refractivity contribution in [1.29, 1.82) is 0 Å². The van der Waals surface area contributed by atoms with Crippen molar-refractivity contribution in [1.82, 2.24) is 10.2 Å². The third-order valence-electron chi connectivity index (χ3n) is 6.09. The monoisotopic (exact) mass is 408 g/mol. The zero-order valence-corrected chi connectivity index (χ0v) is 16.8. The molecule has 2 aliphatic rings. The van der Waals surface area contributed by atoms with Crippen molar-refractivity contribution in [3.63, 3.8) is 0 Å². The molecule has 2 aromatic carbocycles. The fourth-order valence-electron chi connectivity index (χ4n) is 4.14. The number of ether oxygens (including phenoxy) is 1. The molecule has 0 bridgehead atoms. The van der Waals surface area contributed by atoms with Crippen LogP contribution in [0.1, 0.15) is 36.3 Å². The molecule has 4 rings (SSSR count). The van der Waals surface area contributed by atoms with E-state index >= 15 is 0 Å². The molecule has 0 aliphatic heterocycles. The third-order valence-corrected chi connectivity index (χ3v) is 6.09. The highest BCUT2D eigenvalue weighted by Crippen LogP contribution is 2.44. The first-order valence-corrected chi connectivity index (χ1v) is 10.0. The molecule has 2 amide bonds. The Kier molecular flexibility index (Phi) is 5.20. The number of nitrogens with one attached hydrogen (secondary N) is 1. The number of carbonyl (C=O) groups excluding carboxylic acids is 2. The Hall–Kier alpha value is -3.35. The number of likely N-dealkylation sites (N-methyl/N-ethyl adjacent to an activating group) is 1. The lowest BCUT2D eigenvalue weighted by atomic mass is 9.98. The van der Waals surface area contributed by atoms with Gasteiger partial charge >= 0.3 is 12.1 Å². The summed E-state index contributed by atoms with van der Waals surface area (Å²) in [5.41, 5.74) is 3.51. The lowest BCUT2D eigenvalue weighted by Crippen LogP contribution is -2.45. The van der Waals surface area contributed by atoms with Crippen LogP contribution in [0.3, 0.4) is 0 Å². The predicted octanol–water partition coefficient (Wildman–Crippen LogP) is 2.99. The summed E-state index contributed by atoms with van der Waals surface area (Å²) < 4.78 is 5.43. The second-order valence-electron chi connectivity index (χ2n) is 7.79. The number of aliphatic carboxylic acids is 1. The van der Waals surface area contributed by atoms with E-state index in [1.54, 1.807) is 0 Å². The Morgan fingerprint density at radius 2 is 1.63 bits per heavy atom. The van der Waals surface area contributed by atoms with Gasteiger partial charge in [0.2, 0.25) is 5.91 Å². The summed E-state index contributed by atoms with van der Waals surface area (Å²) >= 11 is 0. The number of rotatable bonds is 7. The van der Waals surface area contributed by atoms with E-state index in [9.17, 15) is 19.5 Å². The van der Waals surface area contributed by atoms with Gasteiger partial charge < -0.3 is 20.1 Å². The van der Waals surface area contributed by atoms with E-state index < -0.39 is 17.6 Å². The average Bonchev–Trinajstić information content (AvgIpc) is 3.50. The molecule has 156 valence electrons. The highest BCUT2D eigenvalue weighted by atomic mass is 16.5. The quantitative estimate of drug-likeness (QED) is 0.734. The van der Waals surface area contributed by atoms with Gasteiger partial charge in [-0.2, -0.15) is 0 Å². The molecule has 1 saturated carbocycles. The molecule has 2 N–H and O–H groups in total. The Balaban J connectivity index is 1.29. The molecular weight excluding hydrogens is 384 g/mol. The highest BCUT2D eigenvalue weighted by molar-refractivity contribution is 5.89. The number of carboxylic acid groups (broad SMARTS) is 1. The smallest absolute Gasteiger partial charge is 0.407 e. The molecule has 7 nitrogen and oxygen atoms in total. The molecule has 0 heterocycles. The van der Waals surface area contributed by atoms with Crippen molar-refractivity contribution in [2.75, 3.05) is 20.2 Å².